The molecule has 0 fully saturated rings. The smallest absolute Gasteiger partial charge is 0.314 e. The molecule has 2 aromatic carbocycles. The van der Waals surface area contributed by atoms with Gasteiger partial charge in [-0.3, -0.25) is 59.6 Å². The van der Waals surface area contributed by atoms with Gasteiger partial charge in [0.15, 0.2) is 68.8 Å². The van der Waals surface area contributed by atoms with Crippen molar-refractivity contribution in [2.75, 3.05) is 141 Å². The third-order valence-electron chi connectivity index (χ3n) is 16.3. The topological polar surface area (TPSA) is 637 Å². The summed E-state index contributed by atoms with van der Waals surface area (Å²) in [5.74, 6) is -1.13. The number of nitrogens with zero attached hydrogens (tertiary/aromatic N) is 10. The Morgan fingerprint density at radius 1 is 0.398 bits per heavy atom. The van der Waals surface area contributed by atoms with E-state index in [2.05, 4.69) is 92.2 Å². The summed E-state index contributed by atoms with van der Waals surface area (Å²) >= 11 is 11.8. The number of unbranched alkanes of at least 4 members (excludes halogenated alkanes) is 5. The second-order valence-corrected chi connectivity index (χ2v) is 25.9. The molecule has 0 radical (unpaired) electrons. The highest BCUT2D eigenvalue weighted by atomic mass is 35.5. The molecule has 0 spiro atoms. The van der Waals surface area contributed by atoms with E-state index in [1.165, 1.54) is 0 Å². The zero-order chi connectivity index (χ0) is 78.9. The number of guanidine groups is 4. The van der Waals surface area contributed by atoms with Crippen LogP contribution in [0.5, 0.6) is 11.5 Å². The Morgan fingerprint density at radius 3 is 1.07 bits per heavy atom. The van der Waals surface area contributed by atoms with E-state index in [0.717, 1.165) is 36.8 Å². The van der Waals surface area contributed by atoms with Gasteiger partial charge in [-0.05, 0) is 177 Å². The summed E-state index contributed by atoms with van der Waals surface area (Å²) in [4.78, 5) is 112. The summed E-state index contributed by atoms with van der Waals surface area (Å²) < 4.78 is 12.3. The highest BCUT2D eigenvalue weighted by molar-refractivity contribution is 6.32. The lowest BCUT2D eigenvalue weighted by Crippen LogP contribution is -2.42. The average molecular weight is 1550 g/mol. The number of nitrogens with two attached hydrogens (primary N) is 12. The molecule has 0 aliphatic heterocycles. The molecule has 0 aliphatic carbocycles. The Labute approximate surface area is 640 Å². The number of carbonyl (C=O) groups is 6. The summed E-state index contributed by atoms with van der Waals surface area (Å²) in [6, 6.07) is 13.8. The molecule has 8 amide bonds. The summed E-state index contributed by atoms with van der Waals surface area (Å²) in [6.07, 6.45) is 12.4. The molecular weight excluding hydrogens is 1440 g/mol. The lowest BCUT2D eigenvalue weighted by molar-refractivity contribution is -0.123. The van der Waals surface area contributed by atoms with E-state index in [1.54, 1.807) is 0 Å². The minimum Gasteiger partial charge on any atom is -0.492 e. The van der Waals surface area contributed by atoms with Crippen LogP contribution in [0.3, 0.4) is 0 Å². The third kappa shape index (κ3) is 39.9. The van der Waals surface area contributed by atoms with Crippen LogP contribution in [0.4, 0.5) is 32.9 Å². The monoisotopic (exact) mass is 1550 g/mol. The number of halogens is 2. The minimum absolute atomic E-state index is 0.0263. The molecule has 4 aromatic rings. The summed E-state index contributed by atoms with van der Waals surface area (Å²) in [5.41, 5.74) is 70.2. The lowest BCUT2D eigenvalue weighted by Gasteiger charge is -2.23. The number of carbonyl (C=O) groups excluding carboxylic acids is 6. The summed E-state index contributed by atoms with van der Waals surface area (Å²) in [7, 11) is 0. The van der Waals surface area contributed by atoms with Crippen LogP contribution in [0, 0.1) is 0 Å². The number of ether oxygens (including phenoxy) is 2. The second kappa shape index (κ2) is 52.7. The van der Waals surface area contributed by atoms with Crippen LogP contribution >= 0.6 is 23.2 Å². The van der Waals surface area contributed by atoms with Gasteiger partial charge in [0, 0.05) is 78.5 Å². The van der Waals surface area contributed by atoms with Gasteiger partial charge in [0.2, 0.25) is 11.8 Å². The van der Waals surface area contributed by atoms with Crippen LogP contribution in [-0.4, -0.2) is 219 Å². The molecule has 2 aromatic heterocycles. The van der Waals surface area contributed by atoms with Gasteiger partial charge in [-0.1, -0.05) is 47.5 Å². The number of nitrogen functional groups attached to an aromatic ring is 4. The standard InChI is InChI=1S/C68H114Cl2N30O8/c69-53-57(75)95-55(73)51(93-53)61(103)97-65(81)87-29-5-1-15-45-19-23-47(24-20-45)107-43-41-99(37-11-33-83-59(101)49(71)17-3-7-27-85-63(77)78)39-13-35-91-67(105)89-31-9-10-32-90-68(106)92-36-14-40-100(38-12-34-84-60(102)50(72)18-4-8-28-86-64(79)80)42-44-108-48-25-21-46(22-26-48)16-2-6-30-88-66(82)98-62(104)52-56(74)96-58(76)54(70)94-52/h19-26,49-50H,1-18,27-44,71-72H2,(H,83,101)(H,84,102)(H4,73,75,95)(H4,74,76,96)(H4,77,78,85)(H4,79,80,86)(H2,89,91,105)(H2,90,92,106)(H3,81,87,97,103)(H3,82,88,98,104)/t49-,50-/m1/s1. The van der Waals surface area contributed by atoms with Crippen LogP contribution in [0.25, 0.3) is 0 Å². The van der Waals surface area contributed by atoms with E-state index in [4.69, 9.17) is 101 Å². The Morgan fingerprint density at radius 2 is 0.722 bits per heavy atom. The Bertz CT molecular complexity index is 3270. The van der Waals surface area contributed by atoms with Crippen LogP contribution in [0.15, 0.2) is 68.5 Å². The molecule has 0 bridgehead atoms. The number of hydrogen-bond acceptors (Lipinski definition) is 24. The van der Waals surface area contributed by atoms with E-state index in [1.807, 2.05) is 48.5 Å². The largest absolute Gasteiger partial charge is 0.492 e. The van der Waals surface area contributed by atoms with E-state index in [0.29, 0.717) is 219 Å². The SMILES string of the molecule is NC(N)=NCCCC[C@@H](N)C(=O)NCCCN(CCCNC(=O)NCCCCNC(=O)NCCCN(CCCNC(=O)[C@H](N)CCCCN=C(N)N)CCOc1ccc(CCCCN=C(N)NC(=O)c2nc(Cl)c(N)nc2N)cc1)CCOc1ccc(CCCCN=C(N)NC(=O)c2nc(Cl)c(N)nc2N)cc1. The number of hydrogen-bond donors (Lipinski definition) is 20. The fourth-order valence-corrected chi connectivity index (χ4v) is 10.7. The van der Waals surface area contributed by atoms with Crippen molar-refractivity contribution in [3.05, 3.63) is 81.4 Å². The van der Waals surface area contributed by atoms with Gasteiger partial charge in [-0.2, -0.15) is 0 Å². The van der Waals surface area contributed by atoms with Gasteiger partial charge in [0.25, 0.3) is 11.8 Å². The van der Waals surface area contributed by atoms with Gasteiger partial charge < -0.3 is 110 Å². The molecular formula is C68H114Cl2N30O8. The first kappa shape index (κ1) is 90.1. The fourth-order valence-electron chi connectivity index (χ4n) is 10.4. The van der Waals surface area contributed by atoms with Crippen LogP contribution < -0.4 is 121 Å². The highest BCUT2D eigenvalue weighted by Gasteiger charge is 2.20. The molecule has 2 heterocycles. The summed E-state index contributed by atoms with van der Waals surface area (Å²) in [5, 5.41) is 22.1. The van der Waals surface area contributed by atoms with Crippen molar-refractivity contribution < 1.29 is 38.2 Å². The maximum atomic E-state index is 12.8. The van der Waals surface area contributed by atoms with Crippen molar-refractivity contribution in [1.29, 1.82) is 0 Å². The maximum Gasteiger partial charge on any atom is 0.314 e. The van der Waals surface area contributed by atoms with Gasteiger partial charge in [0.1, 0.15) is 24.7 Å². The number of amides is 8. The number of aliphatic imine (C=N–C) groups is 4. The normalized spacial score (nSPS) is 12.0. The number of nitrogens with one attached hydrogen (secondary N) is 8. The molecule has 40 heteroatoms. The van der Waals surface area contributed by atoms with E-state index >= 15 is 0 Å². The molecule has 0 saturated heterocycles. The highest BCUT2D eigenvalue weighted by Crippen LogP contribution is 2.20. The number of aryl methyl sites for hydroxylation is 2. The number of anilines is 4. The molecule has 0 aliphatic rings. The zero-order valence-corrected chi connectivity index (χ0v) is 63.2. The van der Waals surface area contributed by atoms with Gasteiger partial charge in [-0.25, -0.2) is 29.5 Å². The van der Waals surface area contributed by atoms with Crippen LogP contribution in [0.2, 0.25) is 10.3 Å². The molecule has 598 valence electrons. The first-order valence-electron chi connectivity index (χ1n) is 36.4. The van der Waals surface area contributed by atoms with Crippen molar-refractivity contribution in [2.24, 2.45) is 65.8 Å². The number of aromatic nitrogens is 4. The second-order valence-electron chi connectivity index (χ2n) is 25.2. The predicted octanol–water partition coefficient (Wildman–Crippen LogP) is -0.188. The molecule has 4 rings (SSSR count). The van der Waals surface area contributed by atoms with Crippen molar-refractivity contribution in [3.8, 4) is 11.5 Å². The van der Waals surface area contributed by atoms with Crippen LogP contribution in [-0.2, 0) is 22.4 Å². The Hall–Kier alpha value is -10.3. The molecule has 0 unspecified atom stereocenters. The number of urea groups is 2. The maximum absolute atomic E-state index is 12.8. The minimum atomic E-state index is -0.709. The first-order valence-corrected chi connectivity index (χ1v) is 37.1. The van der Waals surface area contributed by atoms with Crippen molar-refractivity contribution in [3.63, 3.8) is 0 Å². The van der Waals surface area contributed by atoms with Crippen molar-refractivity contribution in [1.82, 2.24) is 72.3 Å². The molecule has 2 atom stereocenters. The molecule has 108 heavy (non-hydrogen) atoms. The molecule has 0 saturated carbocycles. The third-order valence-corrected chi connectivity index (χ3v) is 16.8. The van der Waals surface area contributed by atoms with E-state index in [9.17, 15) is 28.8 Å². The van der Waals surface area contributed by atoms with Gasteiger partial charge in [0.05, 0.1) is 12.1 Å². The Balaban J connectivity index is 1.14. The average Bonchev–Trinajstić information content (AvgIpc) is 0.841. The van der Waals surface area contributed by atoms with E-state index in [-0.39, 0.29) is 92.7 Å². The van der Waals surface area contributed by atoms with Gasteiger partial charge in [-0.15, -0.1) is 0 Å². The quantitative estimate of drug-likeness (QED) is 0.0155. The van der Waals surface area contributed by atoms with Crippen LogP contribution in [0.1, 0.15) is 135 Å². The first-order chi connectivity index (χ1) is 51.9. The van der Waals surface area contributed by atoms with E-state index < -0.39 is 23.9 Å². The van der Waals surface area contributed by atoms with Crippen molar-refractivity contribution in [2.45, 2.75) is 128 Å². The van der Waals surface area contributed by atoms with Gasteiger partial charge >= 0.3 is 12.1 Å². The number of rotatable bonds is 53. The zero-order valence-electron chi connectivity index (χ0n) is 61.7. The fraction of sp³-hybridized carbons (Fsp3) is 0.559. The predicted molar refractivity (Wildman–Crippen MR) is 424 cm³/mol. The lowest BCUT2D eigenvalue weighted by atomic mass is 10.1. The molecule has 32 N–H and O–H groups in total. The Kier molecular flexibility index (Phi) is 43.9. The van der Waals surface area contributed by atoms with Crippen molar-refractivity contribution >= 4 is 106 Å². The number of benzene rings is 2. The molecule has 38 nitrogen and oxygen atoms in total. The summed E-state index contributed by atoms with van der Waals surface area (Å²) in [6.45, 7) is 8.85.